The summed E-state index contributed by atoms with van der Waals surface area (Å²) >= 11 is 0. The summed E-state index contributed by atoms with van der Waals surface area (Å²) in [6, 6.07) is 2.22. The molecular weight excluding hydrogens is 268 g/mol. The van der Waals surface area contributed by atoms with Crippen LogP contribution in [0.3, 0.4) is 0 Å². The Hall–Kier alpha value is -2.16. The first kappa shape index (κ1) is 13.8. The van der Waals surface area contributed by atoms with Crippen LogP contribution in [-0.2, 0) is 0 Å². The molecule has 0 bridgehead atoms. The molecule has 2 saturated carbocycles. The summed E-state index contributed by atoms with van der Waals surface area (Å²) in [5.41, 5.74) is -0.518. The predicted molar refractivity (Wildman–Crippen MR) is 74.5 cm³/mol. The van der Waals surface area contributed by atoms with E-state index in [1.807, 2.05) is 0 Å². The zero-order chi connectivity index (χ0) is 14.7. The topological polar surface area (TPSA) is 87.9 Å². The zero-order valence-corrected chi connectivity index (χ0v) is 11.8. The second kappa shape index (κ2) is 5.68. The van der Waals surface area contributed by atoms with Crippen LogP contribution in [0.15, 0.2) is 12.4 Å². The summed E-state index contributed by atoms with van der Waals surface area (Å²) in [6.45, 7) is 0.664. The molecule has 0 unspecified atom stereocenters. The average molecular weight is 286 g/mol. The third-order valence-corrected chi connectivity index (χ3v) is 4.05. The van der Waals surface area contributed by atoms with Crippen LogP contribution in [0, 0.1) is 17.2 Å². The van der Waals surface area contributed by atoms with Crippen LogP contribution >= 0.6 is 0 Å². The molecule has 1 aromatic rings. The molecule has 0 atom stereocenters. The molecule has 2 aliphatic carbocycles. The third-order valence-electron chi connectivity index (χ3n) is 4.05. The van der Waals surface area contributed by atoms with Gasteiger partial charge >= 0.3 is 0 Å². The molecule has 6 heteroatoms. The molecule has 1 amide bonds. The Bertz CT molecular complexity index is 554. The maximum Gasteiger partial charge on any atom is 0.272 e. The molecule has 2 aliphatic rings. The van der Waals surface area contributed by atoms with E-state index in [9.17, 15) is 10.1 Å². The molecule has 2 fully saturated rings. The smallest absolute Gasteiger partial charge is 0.272 e. The molecular formula is C15H18N4O2. The molecule has 0 radical (unpaired) electrons. The Morgan fingerprint density at radius 2 is 2.14 bits per heavy atom. The molecule has 0 saturated heterocycles. The Balaban J connectivity index is 1.60. The number of amides is 1. The number of nitrogens with zero attached hydrogens (tertiary/aromatic N) is 3. The van der Waals surface area contributed by atoms with Crippen molar-refractivity contribution < 1.29 is 9.53 Å². The highest BCUT2D eigenvalue weighted by molar-refractivity contribution is 5.92. The molecule has 110 valence electrons. The van der Waals surface area contributed by atoms with Crippen molar-refractivity contribution in [2.45, 2.75) is 44.1 Å². The van der Waals surface area contributed by atoms with Gasteiger partial charge in [-0.25, -0.2) is 9.97 Å². The van der Waals surface area contributed by atoms with E-state index in [1.165, 1.54) is 25.2 Å². The van der Waals surface area contributed by atoms with Gasteiger partial charge in [0.05, 0.1) is 25.1 Å². The van der Waals surface area contributed by atoms with E-state index < -0.39 is 5.54 Å². The standard InChI is InChI=1S/C15H18N4O2/c16-10-15(5-1-2-6-15)19-14(20)12-7-18-13(8-17-12)21-9-11-3-4-11/h7-8,11H,1-6,9H2,(H,19,20). The highest BCUT2D eigenvalue weighted by Gasteiger charge is 2.35. The van der Waals surface area contributed by atoms with Crippen LogP contribution in [0.5, 0.6) is 5.88 Å². The van der Waals surface area contributed by atoms with Crippen molar-refractivity contribution >= 4 is 5.91 Å². The molecule has 1 N–H and O–H groups in total. The summed E-state index contributed by atoms with van der Waals surface area (Å²) in [4.78, 5) is 20.3. The number of rotatable bonds is 5. The Kier molecular flexibility index (Phi) is 3.74. The average Bonchev–Trinajstić information content (AvgIpc) is 3.24. The number of ether oxygens (including phenoxy) is 1. The minimum Gasteiger partial charge on any atom is -0.476 e. The minimum atomic E-state index is -0.736. The van der Waals surface area contributed by atoms with E-state index in [-0.39, 0.29) is 11.6 Å². The van der Waals surface area contributed by atoms with Gasteiger partial charge in [-0.3, -0.25) is 4.79 Å². The predicted octanol–water partition coefficient (Wildman–Crippen LogP) is 1.83. The van der Waals surface area contributed by atoms with Gasteiger partial charge in [-0.15, -0.1) is 0 Å². The van der Waals surface area contributed by atoms with Crippen molar-refractivity contribution in [3.63, 3.8) is 0 Å². The second-order valence-corrected chi connectivity index (χ2v) is 5.85. The van der Waals surface area contributed by atoms with E-state index in [1.54, 1.807) is 0 Å². The Morgan fingerprint density at radius 1 is 1.38 bits per heavy atom. The molecule has 1 heterocycles. The number of hydrogen-bond acceptors (Lipinski definition) is 5. The lowest BCUT2D eigenvalue weighted by molar-refractivity contribution is 0.0915. The molecule has 0 spiro atoms. The van der Waals surface area contributed by atoms with Crippen molar-refractivity contribution in [1.29, 1.82) is 5.26 Å². The summed E-state index contributed by atoms with van der Waals surface area (Å²) < 4.78 is 5.48. The first-order valence-corrected chi connectivity index (χ1v) is 7.39. The number of carbonyl (C=O) groups excluding carboxylic acids is 1. The van der Waals surface area contributed by atoms with Crippen LogP contribution in [0.1, 0.15) is 49.0 Å². The molecule has 0 aliphatic heterocycles. The van der Waals surface area contributed by atoms with Crippen molar-refractivity contribution in [1.82, 2.24) is 15.3 Å². The SMILES string of the molecule is N#CC1(NC(=O)c2cnc(OCC3CC3)cn2)CCCC1. The number of carbonyl (C=O) groups is 1. The molecule has 3 rings (SSSR count). The van der Waals surface area contributed by atoms with Crippen molar-refractivity contribution in [2.24, 2.45) is 5.92 Å². The highest BCUT2D eigenvalue weighted by Crippen LogP contribution is 2.30. The van der Waals surface area contributed by atoms with E-state index in [0.717, 1.165) is 12.8 Å². The first-order valence-electron chi connectivity index (χ1n) is 7.39. The van der Waals surface area contributed by atoms with Gasteiger partial charge in [-0.05, 0) is 44.4 Å². The van der Waals surface area contributed by atoms with Gasteiger partial charge in [0, 0.05) is 0 Å². The fourth-order valence-electron chi connectivity index (χ4n) is 2.52. The van der Waals surface area contributed by atoms with Crippen LogP contribution in [-0.4, -0.2) is 28.0 Å². The van der Waals surface area contributed by atoms with Gasteiger partial charge in [0.15, 0.2) is 0 Å². The van der Waals surface area contributed by atoms with E-state index in [2.05, 4.69) is 21.4 Å². The number of hydrogen-bond donors (Lipinski definition) is 1. The van der Waals surface area contributed by atoms with Crippen LogP contribution < -0.4 is 10.1 Å². The zero-order valence-electron chi connectivity index (χ0n) is 11.8. The maximum atomic E-state index is 12.1. The lowest BCUT2D eigenvalue weighted by Crippen LogP contribution is -2.45. The third kappa shape index (κ3) is 3.30. The van der Waals surface area contributed by atoms with Crippen molar-refractivity contribution in [3.05, 3.63) is 18.1 Å². The van der Waals surface area contributed by atoms with Crippen molar-refractivity contribution in [3.8, 4) is 11.9 Å². The molecule has 21 heavy (non-hydrogen) atoms. The van der Waals surface area contributed by atoms with Gasteiger partial charge < -0.3 is 10.1 Å². The van der Waals surface area contributed by atoms with E-state index in [4.69, 9.17) is 4.74 Å². The van der Waals surface area contributed by atoms with Gasteiger partial charge in [0.2, 0.25) is 5.88 Å². The quantitative estimate of drug-likeness (QED) is 0.892. The summed E-state index contributed by atoms with van der Waals surface area (Å²) in [5, 5.41) is 12.1. The molecule has 1 aromatic heterocycles. The number of nitriles is 1. The lowest BCUT2D eigenvalue weighted by Gasteiger charge is -2.21. The minimum absolute atomic E-state index is 0.218. The number of nitrogens with one attached hydrogen (secondary N) is 1. The number of aromatic nitrogens is 2. The van der Waals surface area contributed by atoms with Gasteiger partial charge in [0.1, 0.15) is 11.2 Å². The Labute approximate surface area is 123 Å². The van der Waals surface area contributed by atoms with E-state index >= 15 is 0 Å². The maximum absolute atomic E-state index is 12.1. The largest absolute Gasteiger partial charge is 0.476 e. The van der Waals surface area contributed by atoms with Gasteiger partial charge in [0.25, 0.3) is 5.91 Å². The summed E-state index contributed by atoms with van der Waals surface area (Å²) in [6.07, 6.45) is 8.62. The first-order chi connectivity index (χ1) is 10.2. The van der Waals surface area contributed by atoms with E-state index in [0.29, 0.717) is 31.2 Å². The molecule has 0 aromatic carbocycles. The monoisotopic (exact) mass is 286 g/mol. The van der Waals surface area contributed by atoms with Crippen LogP contribution in [0.4, 0.5) is 0 Å². The Morgan fingerprint density at radius 3 is 2.71 bits per heavy atom. The highest BCUT2D eigenvalue weighted by atomic mass is 16.5. The van der Waals surface area contributed by atoms with Gasteiger partial charge in [-0.2, -0.15) is 5.26 Å². The van der Waals surface area contributed by atoms with Crippen LogP contribution in [0.2, 0.25) is 0 Å². The lowest BCUT2D eigenvalue weighted by atomic mass is 10.00. The van der Waals surface area contributed by atoms with Crippen molar-refractivity contribution in [2.75, 3.05) is 6.61 Å². The summed E-state index contributed by atoms with van der Waals surface area (Å²) in [7, 11) is 0. The fourth-order valence-corrected chi connectivity index (χ4v) is 2.52. The molecule has 6 nitrogen and oxygen atoms in total. The van der Waals surface area contributed by atoms with Gasteiger partial charge in [-0.1, -0.05) is 0 Å². The summed E-state index contributed by atoms with van der Waals surface area (Å²) in [5.74, 6) is 0.738. The normalized spacial score (nSPS) is 19.8. The second-order valence-electron chi connectivity index (χ2n) is 5.85. The fraction of sp³-hybridized carbons (Fsp3) is 0.600. The van der Waals surface area contributed by atoms with Crippen LogP contribution in [0.25, 0.3) is 0 Å².